The van der Waals surface area contributed by atoms with Gasteiger partial charge in [0.05, 0.1) is 17.2 Å². The topological polar surface area (TPSA) is 63.0 Å². The summed E-state index contributed by atoms with van der Waals surface area (Å²) in [7, 11) is 1.90. The molecule has 3 heterocycles. The fourth-order valence-corrected chi connectivity index (χ4v) is 3.49. The highest BCUT2D eigenvalue weighted by molar-refractivity contribution is 6.00. The predicted octanol–water partition coefficient (Wildman–Crippen LogP) is 3.02. The number of halogens is 1. The van der Waals surface area contributed by atoms with Crippen molar-refractivity contribution in [2.24, 2.45) is 7.05 Å². The van der Waals surface area contributed by atoms with E-state index in [-0.39, 0.29) is 17.8 Å². The fourth-order valence-electron chi connectivity index (χ4n) is 3.49. The van der Waals surface area contributed by atoms with Crippen LogP contribution in [0.5, 0.6) is 0 Å². The molecule has 7 heteroatoms. The molecule has 4 rings (SSSR count). The Bertz CT molecular complexity index is 983. The van der Waals surface area contributed by atoms with Crippen LogP contribution in [0, 0.1) is 12.7 Å². The van der Waals surface area contributed by atoms with Crippen LogP contribution in [-0.2, 0) is 11.8 Å². The number of hydrogen-bond acceptors (Lipinski definition) is 4. The smallest absolute Gasteiger partial charge is 0.249 e. The fraction of sp³-hybridized carbons (Fsp3) is 0.316. The van der Waals surface area contributed by atoms with Gasteiger partial charge in [0.15, 0.2) is 0 Å². The van der Waals surface area contributed by atoms with Gasteiger partial charge >= 0.3 is 0 Å². The minimum absolute atomic E-state index is 0.0175. The first-order valence-electron chi connectivity index (χ1n) is 8.65. The molecular weight excluding hydrogens is 333 g/mol. The Balaban J connectivity index is 1.60. The third-order valence-electron chi connectivity index (χ3n) is 4.87. The molecule has 0 radical (unpaired) electrons. The number of carbonyl (C=O) groups excluding carboxylic acids is 1. The molecule has 3 aromatic rings. The first-order valence-corrected chi connectivity index (χ1v) is 8.65. The molecule has 0 aliphatic carbocycles. The first kappa shape index (κ1) is 16.5. The van der Waals surface area contributed by atoms with Crippen molar-refractivity contribution in [1.82, 2.24) is 14.5 Å². The van der Waals surface area contributed by atoms with Crippen LogP contribution in [-0.4, -0.2) is 33.0 Å². The number of hydrogen-bond donors (Lipinski definition) is 1. The largest absolute Gasteiger partial charge is 0.344 e. The van der Waals surface area contributed by atoms with Crippen molar-refractivity contribution in [3.8, 4) is 0 Å². The van der Waals surface area contributed by atoms with Crippen LogP contribution in [0.15, 0.2) is 36.7 Å². The number of anilines is 2. The lowest BCUT2D eigenvalue weighted by Gasteiger charge is -2.33. The van der Waals surface area contributed by atoms with Gasteiger partial charge in [-0.1, -0.05) is 0 Å². The van der Waals surface area contributed by atoms with E-state index in [2.05, 4.69) is 15.3 Å². The summed E-state index contributed by atoms with van der Waals surface area (Å²) < 4.78 is 15.3. The number of fused-ring (bicyclic) bond motifs is 1. The van der Waals surface area contributed by atoms with Crippen LogP contribution in [0.3, 0.4) is 0 Å². The van der Waals surface area contributed by atoms with Crippen LogP contribution < -0.4 is 10.2 Å². The first-order chi connectivity index (χ1) is 12.5. The van der Waals surface area contributed by atoms with E-state index in [1.165, 1.54) is 12.1 Å². The van der Waals surface area contributed by atoms with Crippen molar-refractivity contribution in [2.75, 3.05) is 16.8 Å². The average molecular weight is 353 g/mol. The summed E-state index contributed by atoms with van der Waals surface area (Å²) in [6.45, 7) is 2.46. The average Bonchev–Trinajstić information content (AvgIpc) is 2.94. The number of pyridine rings is 1. The quantitative estimate of drug-likeness (QED) is 0.786. The van der Waals surface area contributed by atoms with Gasteiger partial charge in [-0.2, -0.15) is 0 Å². The molecule has 1 aromatic carbocycles. The van der Waals surface area contributed by atoms with E-state index in [0.717, 1.165) is 35.1 Å². The molecule has 26 heavy (non-hydrogen) atoms. The summed E-state index contributed by atoms with van der Waals surface area (Å²) in [5.41, 5.74) is 3.26. The molecule has 0 saturated carbocycles. The summed E-state index contributed by atoms with van der Waals surface area (Å²) >= 11 is 0. The summed E-state index contributed by atoms with van der Waals surface area (Å²) in [4.78, 5) is 23.4. The molecule has 0 spiro atoms. The van der Waals surface area contributed by atoms with Crippen LogP contribution in [0.1, 0.15) is 18.4 Å². The van der Waals surface area contributed by atoms with E-state index in [1.54, 1.807) is 23.4 Å². The van der Waals surface area contributed by atoms with Crippen LogP contribution in [0.2, 0.25) is 0 Å². The van der Waals surface area contributed by atoms with E-state index < -0.39 is 0 Å². The van der Waals surface area contributed by atoms with Gasteiger partial charge in [-0.15, -0.1) is 0 Å². The van der Waals surface area contributed by atoms with E-state index in [4.69, 9.17) is 0 Å². The Kier molecular flexibility index (Phi) is 4.06. The Hall–Kier alpha value is -2.96. The molecule has 1 N–H and O–H groups in total. The molecule has 6 nitrogen and oxygen atoms in total. The van der Waals surface area contributed by atoms with Crippen LogP contribution in [0.4, 0.5) is 16.0 Å². The number of imidazole rings is 1. The second-order valence-corrected chi connectivity index (χ2v) is 6.62. The number of piperidine rings is 1. The zero-order valence-corrected chi connectivity index (χ0v) is 14.7. The van der Waals surface area contributed by atoms with Crippen molar-refractivity contribution in [3.05, 3.63) is 48.0 Å². The van der Waals surface area contributed by atoms with E-state index in [0.29, 0.717) is 12.5 Å². The van der Waals surface area contributed by atoms with E-state index in [1.807, 2.05) is 24.6 Å². The highest BCUT2D eigenvalue weighted by Gasteiger charge is 2.31. The third kappa shape index (κ3) is 2.79. The monoisotopic (exact) mass is 353 g/mol. The molecule has 2 aromatic heterocycles. The van der Waals surface area contributed by atoms with Crippen molar-refractivity contribution in [3.63, 3.8) is 0 Å². The molecule has 1 aliphatic rings. The van der Waals surface area contributed by atoms with Crippen LogP contribution >= 0.6 is 0 Å². The van der Waals surface area contributed by atoms with Gasteiger partial charge in [0.1, 0.15) is 11.9 Å². The van der Waals surface area contributed by atoms with Crippen molar-refractivity contribution >= 4 is 28.6 Å². The van der Waals surface area contributed by atoms with Gasteiger partial charge in [-0.3, -0.25) is 9.78 Å². The summed E-state index contributed by atoms with van der Waals surface area (Å²) in [6, 6.07) is 6.00. The van der Waals surface area contributed by atoms with Crippen LogP contribution in [0.25, 0.3) is 11.0 Å². The molecule has 1 unspecified atom stereocenters. The molecule has 134 valence electrons. The minimum Gasteiger partial charge on any atom is -0.344 e. The molecule has 1 aliphatic heterocycles. The zero-order valence-electron chi connectivity index (χ0n) is 14.7. The predicted molar refractivity (Wildman–Crippen MR) is 98.6 cm³/mol. The maximum Gasteiger partial charge on any atom is 0.249 e. The number of amides is 1. The second kappa shape index (κ2) is 6.40. The summed E-state index contributed by atoms with van der Waals surface area (Å²) in [6.07, 6.45) is 5.05. The Morgan fingerprint density at radius 3 is 2.92 bits per heavy atom. The number of nitrogens with zero attached hydrogens (tertiary/aromatic N) is 4. The number of rotatable bonds is 3. The normalized spacial score (nSPS) is 17.7. The molecule has 1 atom stereocenters. The Morgan fingerprint density at radius 1 is 1.31 bits per heavy atom. The van der Waals surface area contributed by atoms with Crippen molar-refractivity contribution < 1.29 is 9.18 Å². The number of aromatic nitrogens is 3. The van der Waals surface area contributed by atoms with Gasteiger partial charge in [-0.25, -0.2) is 9.37 Å². The van der Waals surface area contributed by atoms with Gasteiger partial charge in [0.2, 0.25) is 11.9 Å². The van der Waals surface area contributed by atoms with E-state index in [9.17, 15) is 9.18 Å². The lowest BCUT2D eigenvalue weighted by Crippen LogP contribution is -2.48. The number of carbonyl (C=O) groups is 1. The number of nitrogens with one attached hydrogen (secondary N) is 1. The highest BCUT2D eigenvalue weighted by Crippen LogP contribution is 2.27. The van der Waals surface area contributed by atoms with Gasteiger partial charge in [-0.05, 0) is 49.6 Å². The molecule has 1 saturated heterocycles. The van der Waals surface area contributed by atoms with Gasteiger partial charge < -0.3 is 14.8 Å². The summed E-state index contributed by atoms with van der Waals surface area (Å²) in [5, 5.41) is 3.28. The lowest BCUT2D eigenvalue weighted by molar-refractivity contribution is -0.120. The number of aryl methyl sites for hydroxylation is 2. The minimum atomic E-state index is -0.364. The maximum atomic E-state index is 13.4. The van der Waals surface area contributed by atoms with E-state index >= 15 is 0 Å². The number of benzene rings is 1. The second-order valence-electron chi connectivity index (χ2n) is 6.62. The molecule has 1 amide bonds. The zero-order chi connectivity index (χ0) is 18.3. The third-order valence-corrected chi connectivity index (χ3v) is 4.87. The lowest BCUT2D eigenvalue weighted by atomic mass is 10.0. The SMILES string of the molecule is Cc1cc(F)ccc1N1CCCC(Nc2nc3ccncc3n2C)C1=O. The Morgan fingerprint density at radius 2 is 2.15 bits per heavy atom. The highest BCUT2D eigenvalue weighted by atomic mass is 19.1. The van der Waals surface area contributed by atoms with Crippen molar-refractivity contribution in [1.29, 1.82) is 0 Å². The van der Waals surface area contributed by atoms with Crippen molar-refractivity contribution in [2.45, 2.75) is 25.8 Å². The molecule has 1 fully saturated rings. The Labute approximate surface area is 150 Å². The molecule has 0 bridgehead atoms. The standard InChI is InChI=1S/C19H20FN5O/c1-12-10-13(20)5-6-16(12)25-9-3-4-15(18(25)26)23-19-22-14-7-8-21-11-17(14)24(19)2/h5-8,10-11,15H,3-4,9H2,1-2H3,(H,22,23). The molecular formula is C19H20FN5O. The maximum absolute atomic E-state index is 13.4. The van der Waals surface area contributed by atoms with Gasteiger partial charge in [0.25, 0.3) is 0 Å². The summed E-state index contributed by atoms with van der Waals surface area (Å²) in [5.74, 6) is 0.332. The van der Waals surface area contributed by atoms with Gasteiger partial charge in [0, 0.05) is 25.5 Å².